The Hall–Kier alpha value is -3.29. The normalized spacial score (nSPS) is 14.4. The zero-order chi connectivity index (χ0) is 18.3. The van der Waals surface area contributed by atoms with E-state index >= 15 is 0 Å². The number of benzene rings is 1. The van der Waals surface area contributed by atoms with E-state index in [0.717, 1.165) is 0 Å². The quantitative estimate of drug-likeness (QED) is 0.531. The highest BCUT2D eigenvalue weighted by atomic mass is 19.3. The molecule has 1 aromatic carbocycles. The molecule has 0 radical (unpaired) electrons. The Bertz CT molecular complexity index is 1010. The molecular formula is C18H13F2N2O4+. The second kappa shape index (κ2) is 5.91. The number of carbonyl (C=O) groups excluding carboxylic acids is 1. The van der Waals surface area contributed by atoms with Crippen molar-refractivity contribution in [2.24, 2.45) is 0 Å². The summed E-state index contributed by atoms with van der Waals surface area (Å²) in [6.45, 7) is 1.87. The van der Waals surface area contributed by atoms with Crippen molar-refractivity contribution in [1.29, 1.82) is 0 Å². The van der Waals surface area contributed by atoms with Gasteiger partial charge in [0.2, 0.25) is 11.4 Å². The molecule has 0 spiro atoms. The van der Waals surface area contributed by atoms with Crippen LogP contribution in [0.4, 0.5) is 8.78 Å². The van der Waals surface area contributed by atoms with Gasteiger partial charge in [0.15, 0.2) is 23.9 Å². The van der Waals surface area contributed by atoms with E-state index in [9.17, 15) is 13.6 Å². The first kappa shape index (κ1) is 16.2. The van der Waals surface area contributed by atoms with Crippen molar-refractivity contribution >= 4 is 16.9 Å². The van der Waals surface area contributed by atoms with Crippen LogP contribution in [0.15, 0.2) is 48.8 Å². The van der Waals surface area contributed by atoms with Crippen LogP contribution in [0, 0.1) is 0 Å². The predicted octanol–water partition coefficient (Wildman–Crippen LogP) is 3.01. The molecule has 0 fully saturated rings. The van der Waals surface area contributed by atoms with Crippen LogP contribution in [0.3, 0.4) is 0 Å². The van der Waals surface area contributed by atoms with E-state index in [4.69, 9.17) is 4.74 Å². The molecule has 8 heteroatoms. The van der Waals surface area contributed by atoms with Crippen molar-refractivity contribution in [3.05, 3.63) is 54.5 Å². The lowest BCUT2D eigenvalue weighted by Gasteiger charge is -2.07. The average molecular weight is 359 g/mol. The molecule has 26 heavy (non-hydrogen) atoms. The Morgan fingerprint density at radius 3 is 2.54 bits per heavy atom. The highest BCUT2D eigenvalue weighted by Gasteiger charge is 2.43. The Morgan fingerprint density at radius 1 is 1.15 bits per heavy atom. The smallest absolute Gasteiger partial charge is 0.461 e. The maximum absolute atomic E-state index is 13.3. The van der Waals surface area contributed by atoms with Gasteiger partial charge in [0.25, 0.3) is 0 Å². The number of alkyl halides is 2. The first-order valence-electron chi connectivity index (χ1n) is 7.85. The Kier molecular flexibility index (Phi) is 3.68. The van der Waals surface area contributed by atoms with Crippen LogP contribution in [0.1, 0.15) is 17.4 Å². The van der Waals surface area contributed by atoms with E-state index in [1.807, 2.05) is 6.07 Å². The second-order valence-electron chi connectivity index (χ2n) is 5.52. The van der Waals surface area contributed by atoms with Crippen LogP contribution in [0.2, 0.25) is 0 Å². The lowest BCUT2D eigenvalue weighted by atomic mass is 10.1. The van der Waals surface area contributed by atoms with Gasteiger partial charge in [0.05, 0.1) is 12.1 Å². The molecule has 4 rings (SSSR count). The maximum atomic E-state index is 13.3. The number of pyridine rings is 2. The number of carbonyl (C=O) groups is 1. The number of hydrogen-bond donors (Lipinski definition) is 0. The zero-order valence-corrected chi connectivity index (χ0v) is 13.6. The Balaban J connectivity index is 1.92. The average Bonchev–Trinajstić information content (AvgIpc) is 2.92. The summed E-state index contributed by atoms with van der Waals surface area (Å²) in [4.78, 5) is 16.7. The largest absolute Gasteiger partial charge is 0.586 e. The number of hydrogen-bond acceptors (Lipinski definition) is 5. The van der Waals surface area contributed by atoms with Gasteiger partial charge in [-0.1, -0.05) is 6.07 Å². The molecule has 0 aliphatic carbocycles. The standard InChI is InChI=1S/C18H13F2N2O4/c1-2-24-17(23)16-13(22-6-4-3-5-7-22)8-11-9-14-15(10-12(11)21-16)26-18(19,20)25-14/h3-10H,2H2,1H3/q+1. The molecule has 2 aromatic heterocycles. The highest BCUT2D eigenvalue weighted by molar-refractivity contribution is 5.95. The lowest BCUT2D eigenvalue weighted by molar-refractivity contribution is -0.596. The summed E-state index contributed by atoms with van der Waals surface area (Å²) in [7, 11) is 0. The first-order valence-corrected chi connectivity index (χ1v) is 7.85. The molecule has 0 saturated carbocycles. The van der Waals surface area contributed by atoms with Crippen molar-refractivity contribution in [1.82, 2.24) is 4.98 Å². The Labute approximate surface area is 146 Å². The zero-order valence-electron chi connectivity index (χ0n) is 13.6. The fourth-order valence-electron chi connectivity index (χ4n) is 2.71. The molecule has 0 saturated heterocycles. The maximum Gasteiger partial charge on any atom is 0.586 e. The third-order valence-corrected chi connectivity index (χ3v) is 3.78. The minimum Gasteiger partial charge on any atom is -0.461 e. The lowest BCUT2D eigenvalue weighted by Crippen LogP contribution is -2.32. The van der Waals surface area contributed by atoms with Gasteiger partial charge < -0.3 is 14.2 Å². The molecule has 6 nitrogen and oxygen atoms in total. The number of nitrogens with zero attached hydrogens (tertiary/aromatic N) is 2. The molecule has 1 aliphatic heterocycles. The van der Waals surface area contributed by atoms with Gasteiger partial charge in [-0.05, 0) is 13.0 Å². The van der Waals surface area contributed by atoms with Crippen molar-refractivity contribution < 1.29 is 32.4 Å². The third kappa shape index (κ3) is 2.79. The van der Waals surface area contributed by atoms with Gasteiger partial charge in [-0.3, -0.25) is 0 Å². The monoisotopic (exact) mass is 359 g/mol. The van der Waals surface area contributed by atoms with Gasteiger partial charge in [-0.15, -0.1) is 8.78 Å². The van der Waals surface area contributed by atoms with Gasteiger partial charge >= 0.3 is 12.3 Å². The fraction of sp³-hybridized carbons (Fsp3) is 0.167. The summed E-state index contributed by atoms with van der Waals surface area (Å²) >= 11 is 0. The van der Waals surface area contributed by atoms with E-state index in [2.05, 4.69) is 14.5 Å². The number of ether oxygens (including phenoxy) is 3. The molecular weight excluding hydrogens is 346 g/mol. The molecule has 0 bridgehead atoms. The minimum atomic E-state index is -3.72. The molecule has 3 aromatic rings. The van der Waals surface area contributed by atoms with Gasteiger partial charge in [-0.2, -0.15) is 4.57 Å². The number of fused-ring (bicyclic) bond motifs is 2. The highest BCUT2D eigenvalue weighted by Crippen LogP contribution is 2.43. The summed E-state index contributed by atoms with van der Waals surface area (Å²) in [6.07, 6.45) is -0.236. The van der Waals surface area contributed by atoms with Crippen molar-refractivity contribution in [2.75, 3.05) is 6.61 Å². The summed E-state index contributed by atoms with van der Waals surface area (Å²) < 4.78 is 42.3. The van der Waals surface area contributed by atoms with Crippen LogP contribution >= 0.6 is 0 Å². The van der Waals surface area contributed by atoms with E-state index in [1.165, 1.54) is 12.1 Å². The van der Waals surface area contributed by atoms with E-state index in [0.29, 0.717) is 16.6 Å². The van der Waals surface area contributed by atoms with Gasteiger partial charge in [0, 0.05) is 29.7 Å². The first-order chi connectivity index (χ1) is 12.5. The van der Waals surface area contributed by atoms with Gasteiger partial charge in [-0.25, -0.2) is 9.78 Å². The molecule has 0 atom stereocenters. The van der Waals surface area contributed by atoms with Crippen molar-refractivity contribution in [2.45, 2.75) is 13.2 Å². The summed E-state index contributed by atoms with van der Waals surface area (Å²) in [5.74, 6) is -0.828. The number of halogens is 2. The molecule has 0 amide bonds. The van der Waals surface area contributed by atoms with Crippen LogP contribution in [-0.4, -0.2) is 23.9 Å². The minimum absolute atomic E-state index is 0.0705. The molecule has 0 unspecified atom stereocenters. The fourth-order valence-corrected chi connectivity index (χ4v) is 2.71. The van der Waals surface area contributed by atoms with E-state index in [1.54, 1.807) is 42.1 Å². The number of rotatable bonds is 3. The van der Waals surface area contributed by atoms with E-state index < -0.39 is 12.3 Å². The summed E-state index contributed by atoms with van der Waals surface area (Å²) in [5.41, 5.74) is 0.844. The molecule has 0 N–H and O–H groups in total. The summed E-state index contributed by atoms with van der Waals surface area (Å²) in [5, 5.41) is 0.518. The van der Waals surface area contributed by atoms with Crippen LogP contribution < -0.4 is 14.0 Å². The number of aromatic nitrogens is 2. The number of esters is 1. The third-order valence-electron chi connectivity index (χ3n) is 3.78. The molecule has 1 aliphatic rings. The van der Waals surface area contributed by atoms with Crippen molar-refractivity contribution in [3.8, 4) is 17.2 Å². The van der Waals surface area contributed by atoms with Gasteiger partial charge in [0.1, 0.15) is 0 Å². The topological polar surface area (TPSA) is 61.5 Å². The predicted molar refractivity (Wildman–Crippen MR) is 85.4 cm³/mol. The van der Waals surface area contributed by atoms with Crippen molar-refractivity contribution in [3.63, 3.8) is 0 Å². The van der Waals surface area contributed by atoms with Crippen LogP contribution in [0.5, 0.6) is 11.5 Å². The van der Waals surface area contributed by atoms with Crippen LogP contribution in [0.25, 0.3) is 16.6 Å². The Morgan fingerprint density at radius 2 is 1.85 bits per heavy atom. The molecule has 132 valence electrons. The summed E-state index contributed by atoms with van der Waals surface area (Å²) in [6, 6.07) is 9.79. The SMILES string of the molecule is CCOC(=O)c1nc2cc3c(cc2cc1-[n+]1ccccc1)OC(F)(F)O3. The van der Waals surface area contributed by atoms with Crippen LogP contribution in [-0.2, 0) is 4.74 Å². The van der Waals surface area contributed by atoms with E-state index in [-0.39, 0.29) is 23.8 Å². The molecule has 3 heterocycles. The second-order valence-corrected chi connectivity index (χ2v) is 5.52.